The lowest BCUT2D eigenvalue weighted by atomic mass is 9.82. The molecule has 0 saturated heterocycles. The minimum Gasteiger partial charge on any atom is -0.507 e. The highest BCUT2D eigenvalue weighted by Gasteiger charge is 2.35. The molecule has 150 valence electrons. The van der Waals surface area contributed by atoms with Gasteiger partial charge >= 0.3 is 0 Å². The minimum atomic E-state index is -0.654. The van der Waals surface area contributed by atoms with Gasteiger partial charge in [0, 0.05) is 27.8 Å². The molecule has 0 spiro atoms. The molecule has 3 aromatic rings. The van der Waals surface area contributed by atoms with E-state index in [9.17, 15) is 24.6 Å². The van der Waals surface area contributed by atoms with E-state index in [0.29, 0.717) is 16.1 Å². The highest BCUT2D eigenvalue weighted by molar-refractivity contribution is 6.31. The summed E-state index contributed by atoms with van der Waals surface area (Å²) in [6.07, 6.45) is 0. The van der Waals surface area contributed by atoms with Crippen LogP contribution in [0.4, 0.5) is 0 Å². The molecule has 30 heavy (non-hydrogen) atoms. The summed E-state index contributed by atoms with van der Waals surface area (Å²) in [5, 5.41) is 21.0. The molecule has 1 aliphatic carbocycles. The van der Waals surface area contributed by atoms with Gasteiger partial charge in [-0.3, -0.25) is 14.4 Å². The van der Waals surface area contributed by atoms with Crippen LogP contribution in [-0.2, 0) is 0 Å². The molecule has 3 aromatic carbocycles. The Kier molecular flexibility index (Phi) is 4.79. The van der Waals surface area contributed by atoms with Crippen molar-refractivity contribution < 1.29 is 29.3 Å². The Hall–Kier alpha value is -3.64. The third kappa shape index (κ3) is 3.31. The fourth-order valence-corrected chi connectivity index (χ4v) is 3.55. The van der Waals surface area contributed by atoms with E-state index in [0.717, 1.165) is 6.07 Å². The van der Waals surface area contributed by atoms with Gasteiger partial charge in [-0.25, -0.2) is 0 Å². The molecule has 0 amide bonds. The van der Waals surface area contributed by atoms with E-state index in [1.807, 2.05) is 0 Å². The van der Waals surface area contributed by atoms with Gasteiger partial charge in [-0.05, 0) is 55.0 Å². The van der Waals surface area contributed by atoms with Crippen LogP contribution in [0.2, 0.25) is 5.02 Å². The largest absolute Gasteiger partial charge is 0.507 e. The van der Waals surface area contributed by atoms with Crippen LogP contribution >= 0.6 is 11.6 Å². The first-order valence-corrected chi connectivity index (χ1v) is 9.35. The number of ether oxygens (including phenoxy) is 1. The number of phenols is 2. The second-order valence-corrected chi connectivity index (χ2v) is 7.38. The van der Waals surface area contributed by atoms with Crippen LogP contribution in [0.15, 0.2) is 48.5 Å². The molecule has 0 aliphatic heterocycles. The van der Waals surface area contributed by atoms with Crippen LogP contribution < -0.4 is 4.74 Å². The number of rotatable bonds is 4. The second-order valence-electron chi connectivity index (χ2n) is 6.95. The fraction of sp³-hybridized carbons (Fsp3) is 0.0870. The maximum atomic E-state index is 12.9. The number of halogens is 1. The molecular weight excluding hydrogens is 408 g/mol. The predicted octanol–water partition coefficient (Wildman–Crippen LogP) is 4.10. The third-order valence-corrected chi connectivity index (χ3v) is 5.08. The van der Waals surface area contributed by atoms with E-state index in [2.05, 4.69) is 0 Å². The summed E-state index contributed by atoms with van der Waals surface area (Å²) in [6, 6.07) is 11.6. The number of ketones is 3. The van der Waals surface area contributed by atoms with Gasteiger partial charge in [-0.2, -0.15) is 0 Å². The highest BCUT2D eigenvalue weighted by atomic mass is 35.5. The lowest BCUT2D eigenvalue weighted by Gasteiger charge is -2.20. The molecule has 0 unspecified atom stereocenters. The van der Waals surface area contributed by atoms with Crippen molar-refractivity contribution in [2.24, 2.45) is 0 Å². The number of benzene rings is 3. The summed E-state index contributed by atoms with van der Waals surface area (Å²) in [6.45, 7) is 1.35. The van der Waals surface area contributed by atoms with E-state index in [1.54, 1.807) is 31.2 Å². The summed E-state index contributed by atoms with van der Waals surface area (Å²) in [7, 11) is 0. The summed E-state index contributed by atoms with van der Waals surface area (Å²) < 4.78 is 5.46. The molecule has 1 aliphatic rings. The highest BCUT2D eigenvalue weighted by Crippen LogP contribution is 2.39. The summed E-state index contributed by atoms with van der Waals surface area (Å²) in [5.74, 6) is -2.22. The van der Waals surface area contributed by atoms with Crippen molar-refractivity contribution in [3.8, 4) is 17.2 Å². The van der Waals surface area contributed by atoms with Gasteiger partial charge in [0.1, 0.15) is 17.2 Å². The topological polar surface area (TPSA) is 101 Å². The normalized spacial score (nSPS) is 12.3. The summed E-state index contributed by atoms with van der Waals surface area (Å²) >= 11 is 5.81. The zero-order valence-electron chi connectivity index (χ0n) is 15.7. The molecule has 6 nitrogen and oxygen atoms in total. The number of Topliss-reactive ketones (excluding diaryl/α,β-unsaturated/α-hetero) is 1. The number of fused-ring (bicyclic) bond motifs is 2. The Labute approximate surface area is 176 Å². The van der Waals surface area contributed by atoms with Gasteiger partial charge in [0.15, 0.2) is 18.2 Å². The number of carbonyl (C=O) groups is 3. The first kappa shape index (κ1) is 19.7. The number of phenolic OH excluding ortho intramolecular Hbond substituents is 2. The molecular formula is C23H15ClO6. The van der Waals surface area contributed by atoms with Crippen molar-refractivity contribution in [2.45, 2.75) is 6.92 Å². The minimum absolute atomic E-state index is 0.0496. The van der Waals surface area contributed by atoms with E-state index < -0.39 is 17.3 Å². The van der Waals surface area contributed by atoms with E-state index in [1.165, 1.54) is 18.2 Å². The van der Waals surface area contributed by atoms with Crippen molar-refractivity contribution in [3.05, 3.63) is 86.9 Å². The van der Waals surface area contributed by atoms with Gasteiger partial charge in [0.2, 0.25) is 5.78 Å². The van der Waals surface area contributed by atoms with Gasteiger partial charge in [-0.15, -0.1) is 0 Å². The molecule has 0 atom stereocenters. The van der Waals surface area contributed by atoms with Crippen LogP contribution in [-0.4, -0.2) is 34.2 Å². The lowest BCUT2D eigenvalue weighted by molar-refractivity contribution is 0.0920. The Morgan fingerprint density at radius 1 is 0.900 bits per heavy atom. The Balaban J connectivity index is 1.66. The van der Waals surface area contributed by atoms with Crippen molar-refractivity contribution in [2.75, 3.05) is 6.61 Å². The molecule has 4 rings (SSSR count). The van der Waals surface area contributed by atoms with Crippen LogP contribution in [0.3, 0.4) is 0 Å². The number of aromatic hydroxyl groups is 2. The molecule has 0 bridgehead atoms. The first-order chi connectivity index (χ1) is 14.3. The fourth-order valence-electron chi connectivity index (χ4n) is 3.43. The molecule has 2 N–H and O–H groups in total. The zero-order valence-corrected chi connectivity index (χ0v) is 16.5. The number of carbonyl (C=O) groups excluding carboxylic acids is 3. The SMILES string of the molecule is Cc1cc(O)c2c(c1)C(=O)c1cc(OCC(=O)c3ccc(Cl)cc3)cc(O)c1C2=O. The number of aryl methyl sites for hydroxylation is 1. The maximum Gasteiger partial charge on any atom is 0.201 e. The van der Waals surface area contributed by atoms with E-state index >= 15 is 0 Å². The molecule has 7 heteroatoms. The average molecular weight is 423 g/mol. The number of hydrogen-bond acceptors (Lipinski definition) is 6. The van der Waals surface area contributed by atoms with E-state index in [-0.39, 0.29) is 46.1 Å². The monoisotopic (exact) mass is 422 g/mol. The van der Waals surface area contributed by atoms with Crippen molar-refractivity contribution in [1.82, 2.24) is 0 Å². The lowest BCUT2D eigenvalue weighted by Crippen LogP contribution is -2.22. The van der Waals surface area contributed by atoms with E-state index in [4.69, 9.17) is 16.3 Å². The van der Waals surface area contributed by atoms with Gasteiger partial charge in [-0.1, -0.05) is 11.6 Å². The number of hydrogen-bond donors (Lipinski definition) is 2. The molecule has 0 fully saturated rings. The standard InChI is InChI=1S/C23H15ClO6/c1-11-6-15-20(17(25)7-11)23(29)21-16(22(15)28)8-14(9-18(21)26)30-10-19(27)12-2-4-13(24)5-3-12/h2-9,25-26H,10H2,1H3. The van der Waals surface area contributed by atoms with Crippen molar-refractivity contribution in [3.63, 3.8) is 0 Å². The van der Waals surface area contributed by atoms with Gasteiger partial charge in [0.05, 0.1) is 11.1 Å². The maximum absolute atomic E-state index is 12.9. The van der Waals surface area contributed by atoms with Gasteiger partial charge < -0.3 is 14.9 Å². The molecule has 0 heterocycles. The smallest absolute Gasteiger partial charge is 0.201 e. The summed E-state index contributed by atoms with van der Waals surface area (Å²) in [5.41, 5.74) is 0.669. The Morgan fingerprint density at radius 2 is 1.50 bits per heavy atom. The molecule has 0 aromatic heterocycles. The molecule has 0 saturated carbocycles. The average Bonchev–Trinajstić information content (AvgIpc) is 2.69. The second kappa shape index (κ2) is 7.31. The Morgan fingerprint density at radius 3 is 2.17 bits per heavy atom. The van der Waals surface area contributed by atoms with Crippen LogP contribution in [0, 0.1) is 6.92 Å². The predicted molar refractivity (Wildman–Crippen MR) is 109 cm³/mol. The quantitative estimate of drug-likeness (QED) is 0.480. The van der Waals surface area contributed by atoms with Crippen LogP contribution in [0.1, 0.15) is 47.8 Å². The Bertz CT molecular complexity index is 1230. The molecule has 0 radical (unpaired) electrons. The van der Waals surface area contributed by atoms with Crippen molar-refractivity contribution >= 4 is 29.0 Å². The third-order valence-electron chi connectivity index (χ3n) is 4.83. The van der Waals surface area contributed by atoms with Crippen molar-refractivity contribution in [1.29, 1.82) is 0 Å². The van der Waals surface area contributed by atoms with Gasteiger partial charge in [0.25, 0.3) is 0 Å². The zero-order chi connectivity index (χ0) is 21.6. The van der Waals surface area contributed by atoms with Crippen LogP contribution in [0.25, 0.3) is 0 Å². The summed E-state index contributed by atoms with van der Waals surface area (Å²) in [4.78, 5) is 38.0. The first-order valence-electron chi connectivity index (χ1n) is 8.98. The van der Waals surface area contributed by atoms with Crippen LogP contribution in [0.5, 0.6) is 17.2 Å².